The van der Waals surface area contributed by atoms with Crippen molar-refractivity contribution in [2.75, 3.05) is 13.2 Å². The van der Waals surface area contributed by atoms with Gasteiger partial charge in [0.25, 0.3) is 0 Å². The molecule has 0 aliphatic heterocycles. The molecule has 0 spiro atoms. The van der Waals surface area contributed by atoms with Crippen LogP contribution in [0.1, 0.15) is 71.6 Å². The van der Waals surface area contributed by atoms with Crippen LogP contribution >= 0.6 is 0 Å². The zero-order valence-corrected chi connectivity index (χ0v) is 22.8. The van der Waals surface area contributed by atoms with Gasteiger partial charge in [-0.05, 0) is 72.5 Å². The summed E-state index contributed by atoms with van der Waals surface area (Å²) in [6.45, 7) is 5.98. The average molecular weight is 513 g/mol. The standard InChI is InChI=1S/C33H40N2O3/c1-3-5-7-9-11-25-37-31-22-18-29(19-23-31)33-35-34-32(38-33)28-14-12-26(13-15-28)27-16-20-30(21-17-27)36-24-10-8-6-4-2/h12-23H,3-11,24-25H2,1-2H3. The van der Waals surface area contributed by atoms with E-state index in [0.29, 0.717) is 11.8 Å². The molecule has 3 aromatic carbocycles. The molecule has 1 heterocycles. The molecule has 0 N–H and O–H groups in total. The average Bonchev–Trinajstić information content (AvgIpc) is 3.46. The summed E-state index contributed by atoms with van der Waals surface area (Å²) in [4.78, 5) is 0. The fraction of sp³-hybridized carbons (Fsp3) is 0.394. The van der Waals surface area contributed by atoms with E-state index in [2.05, 4.69) is 48.3 Å². The van der Waals surface area contributed by atoms with Crippen molar-refractivity contribution in [3.8, 4) is 45.5 Å². The first-order chi connectivity index (χ1) is 18.8. The quantitative estimate of drug-likeness (QED) is 0.140. The van der Waals surface area contributed by atoms with Gasteiger partial charge in [-0.15, -0.1) is 10.2 Å². The van der Waals surface area contributed by atoms with Crippen LogP contribution in [0.5, 0.6) is 11.5 Å². The van der Waals surface area contributed by atoms with Crippen LogP contribution in [0.3, 0.4) is 0 Å². The first kappa shape index (κ1) is 27.4. The fourth-order valence-electron chi connectivity index (χ4n) is 4.31. The van der Waals surface area contributed by atoms with Crippen molar-refractivity contribution in [3.05, 3.63) is 72.8 Å². The van der Waals surface area contributed by atoms with E-state index in [4.69, 9.17) is 13.9 Å². The maximum Gasteiger partial charge on any atom is 0.248 e. The lowest BCUT2D eigenvalue weighted by atomic mass is 10.0. The normalized spacial score (nSPS) is 11.0. The highest BCUT2D eigenvalue weighted by Crippen LogP contribution is 2.28. The van der Waals surface area contributed by atoms with Gasteiger partial charge in [-0.1, -0.05) is 83.1 Å². The van der Waals surface area contributed by atoms with Crippen molar-refractivity contribution in [1.29, 1.82) is 0 Å². The van der Waals surface area contributed by atoms with E-state index in [0.717, 1.165) is 59.8 Å². The van der Waals surface area contributed by atoms with E-state index in [1.807, 2.05) is 48.5 Å². The molecule has 4 aromatic rings. The summed E-state index contributed by atoms with van der Waals surface area (Å²) in [7, 11) is 0. The third-order valence-electron chi connectivity index (χ3n) is 6.63. The molecular formula is C33H40N2O3. The maximum absolute atomic E-state index is 5.98. The molecule has 5 nitrogen and oxygen atoms in total. The molecule has 0 saturated heterocycles. The Morgan fingerprint density at radius 3 is 1.32 bits per heavy atom. The Morgan fingerprint density at radius 2 is 0.842 bits per heavy atom. The highest BCUT2D eigenvalue weighted by molar-refractivity contribution is 5.68. The predicted octanol–water partition coefficient (Wildman–Crippen LogP) is 9.38. The Balaban J connectivity index is 1.29. The number of nitrogens with zero attached hydrogens (tertiary/aromatic N) is 2. The number of unbranched alkanes of at least 4 members (excludes halogenated alkanes) is 7. The molecule has 200 valence electrons. The minimum Gasteiger partial charge on any atom is -0.494 e. The molecule has 0 amide bonds. The summed E-state index contributed by atoms with van der Waals surface area (Å²) in [5, 5.41) is 8.52. The third-order valence-corrected chi connectivity index (χ3v) is 6.63. The number of rotatable bonds is 16. The van der Waals surface area contributed by atoms with Crippen LogP contribution in [-0.4, -0.2) is 23.4 Å². The van der Waals surface area contributed by atoms with Crippen molar-refractivity contribution in [2.45, 2.75) is 71.6 Å². The summed E-state index contributed by atoms with van der Waals surface area (Å²) < 4.78 is 17.7. The van der Waals surface area contributed by atoms with E-state index in [9.17, 15) is 0 Å². The summed E-state index contributed by atoms with van der Waals surface area (Å²) in [5.74, 6) is 2.79. The second-order valence-corrected chi connectivity index (χ2v) is 9.71. The largest absolute Gasteiger partial charge is 0.494 e. The number of ether oxygens (including phenoxy) is 2. The van der Waals surface area contributed by atoms with E-state index >= 15 is 0 Å². The molecule has 0 aliphatic rings. The molecule has 0 atom stereocenters. The fourth-order valence-corrected chi connectivity index (χ4v) is 4.31. The SMILES string of the molecule is CCCCCCCOc1ccc(-c2nnc(-c3ccc(-c4ccc(OCCCCCC)cc4)cc3)o2)cc1. The molecular weight excluding hydrogens is 472 g/mol. The molecule has 0 bridgehead atoms. The Morgan fingerprint density at radius 1 is 0.474 bits per heavy atom. The lowest BCUT2D eigenvalue weighted by molar-refractivity contribution is 0.304. The highest BCUT2D eigenvalue weighted by Gasteiger charge is 2.11. The van der Waals surface area contributed by atoms with E-state index in [1.165, 1.54) is 44.9 Å². The van der Waals surface area contributed by atoms with Gasteiger partial charge in [-0.25, -0.2) is 0 Å². The van der Waals surface area contributed by atoms with Gasteiger partial charge in [-0.2, -0.15) is 0 Å². The second-order valence-electron chi connectivity index (χ2n) is 9.71. The van der Waals surface area contributed by atoms with E-state index < -0.39 is 0 Å². The van der Waals surface area contributed by atoms with Crippen molar-refractivity contribution >= 4 is 0 Å². The molecule has 0 fully saturated rings. The molecule has 0 radical (unpaired) electrons. The van der Waals surface area contributed by atoms with Crippen LogP contribution in [0.2, 0.25) is 0 Å². The number of hydrogen-bond donors (Lipinski definition) is 0. The Labute approximate surface area is 227 Å². The summed E-state index contributed by atoms with van der Waals surface area (Å²) in [6, 6.07) is 24.3. The van der Waals surface area contributed by atoms with Gasteiger partial charge in [0, 0.05) is 11.1 Å². The van der Waals surface area contributed by atoms with Crippen molar-refractivity contribution in [3.63, 3.8) is 0 Å². The monoisotopic (exact) mass is 512 g/mol. The van der Waals surface area contributed by atoms with Crippen molar-refractivity contribution < 1.29 is 13.9 Å². The lowest BCUT2D eigenvalue weighted by Gasteiger charge is -2.07. The number of hydrogen-bond acceptors (Lipinski definition) is 5. The van der Waals surface area contributed by atoms with Gasteiger partial charge < -0.3 is 13.9 Å². The van der Waals surface area contributed by atoms with E-state index in [1.54, 1.807) is 0 Å². The number of benzene rings is 3. The topological polar surface area (TPSA) is 57.4 Å². The third kappa shape index (κ3) is 8.20. The molecule has 5 heteroatoms. The summed E-state index contributed by atoms with van der Waals surface area (Å²) >= 11 is 0. The Hall–Kier alpha value is -3.60. The van der Waals surface area contributed by atoms with Gasteiger partial charge in [0.2, 0.25) is 11.8 Å². The van der Waals surface area contributed by atoms with Crippen LogP contribution in [0.25, 0.3) is 34.0 Å². The zero-order chi connectivity index (χ0) is 26.4. The minimum absolute atomic E-state index is 0.500. The van der Waals surface area contributed by atoms with Gasteiger partial charge in [0.05, 0.1) is 13.2 Å². The summed E-state index contributed by atoms with van der Waals surface area (Å²) in [5.41, 5.74) is 4.04. The van der Waals surface area contributed by atoms with Crippen molar-refractivity contribution in [2.24, 2.45) is 0 Å². The molecule has 38 heavy (non-hydrogen) atoms. The Bertz CT molecular complexity index is 1200. The first-order valence-corrected chi connectivity index (χ1v) is 14.2. The van der Waals surface area contributed by atoms with Crippen LogP contribution in [0, 0.1) is 0 Å². The minimum atomic E-state index is 0.500. The van der Waals surface area contributed by atoms with Crippen LogP contribution in [-0.2, 0) is 0 Å². The first-order valence-electron chi connectivity index (χ1n) is 14.2. The van der Waals surface area contributed by atoms with Crippen LogP contribution < -0.4 is 9.47 Å². The molecule has 0 saturated carbocycles. The summed E-state index contributed by atoms with van der Waals surface area (Å²) in [6.07, 6.45) is 11.0. The van der Waals surface area contributed by atoms with Crippen LogP contribution in [0.4, 0.5) is 0 Å². The molecule has 1 aromatic heterocycles. The van der Waals surface area contributed by atoms with E-state index in [-0.39, 0.29) is 0 Å². The molecule has 0 aliphatic carbocycles. The second kappa shape index (κ2) is 15.0. The zero-order valence-electron chi connectivity index (χ0n) is 22.8. The lowest BCUT2D eigenvalue weighted by Crippen LogP contribution is -1.97. The maximum atomic E-state index is 5.98. The number of aromatic nitrogens is 2. The predicted molar refractivity (Wildman–Crippen MR) is 154 cm³/mol. The van der Waals surface area contributed by atoms with Crippen LogP contribution in [0.15, 0.2) is 77.2 Å². The highest BCUT2D eigenvalue weighted by atomic mass is 16.5. The molecule has 0 unspecified atom stereocenters. The van der Waals surface area contributed by atoms with Gasteiger partial charge >= 0.3 is 0 Å². The van der Waals surface area contributed by atoms with Gasteiger partial charge in [-0.3, -0.25) is 0 Å². The smallest absolute Gasteiger partial charge is 0.248 e. The van der Waals surface area contributed by atoms with Gasteiger partial charge in [0.1, 0.15) is 11.5 Å². The molecule has 4 rings (SSSR count). The van der Waals surface area contributed by atoms with Crippen molar-refractivity contribution in [1.82, 2.24) is 10.2 Å². The van der Waals surface area contributed by atoms with Gasteiger partial charge in [0.15, 0.2) is 0 Å². The Kier molecular flexibility index (Phi) is 10.8.